The number of anilines is 1. The van der Waals surface area contributed by atoms with E-state index in [4.69, 9.17) is 4.74 Å². The Kier molecular flexibility index (Phi) is 7.23. The van der Waals surface area contributed by atoms with Crippen LogP contribution in [0.1, 0.15) is 42.6 Å². The number of rotatable bonds is 7. The molecule has 34 heavy (non-hydrogen) atoms. The first-order chi connectivity index (χ1) is 16.4. The van der Waals surface area contributed by atoms with Crippen LogP contribution in [0.15, 0.2) is 65.6 Å². The van der Waals surface area contributed by atoms with Crippen LogP contribution in [-0.2, 0) is 19.6 Å². The van der Waals surface area contributed by atoms with Crippen molar-refractivity contribution in [2.75, 3.05) is 19.0 Å². The lowest BCUT2D eigenvalue weighted by Gasteiger charge is -2.30. The number of carbonyl (C=O) groups is 2. The Morgan fingerprint density at radius 2 is 1.71 bits per heavy atom. The van der Waals surface area contributed by atoms with Gasteiger partial charge in [0.2, 0.25) is 10.0 Å². The Morgan fingerprint density at radius 1 is 1.00 bits per heavy atom. The molecule has 1 fully saturated rings. The molecule has 4 rings (SSSR count). The summed E-state index contributed by atoms with van der Waals surface area (Å²) in [6.45, 7) is -0.569. The first-order valence-electron chi connectivity index (χ1n) is 11.3. The smallest absolute Gasteiger partial charge is 0.357 e. The Labute approximate surface area is 199 Å². The fourth-order valence-electron chi connectivity index (χ4n) is 4.16. The van der Waals surface area contributed by atoms with Gasteiger partial charge in [-0.2, -0.15) is 4.31 Å². The van der Waals surface area contributed by atoms with Crippen molar-refractivity contribution in [3.05, 3.63) is 66.4 Å². The summed E-state index contributed by atoms with van der Waals surface area (Å²) in [6, 6.07) is 16.8. The van der Waals surface area contributed by atoms with Crippen molar-refractivity contribution >= 4 is 38.5 Å². The lowest BCUT2D eigenvalue weighted by molar-refractivity contribution is -0.119. The van der Waals surface area contributed by atoms with Crippen LogP contribution in [0.5, 0.6) is 0 Å². The highest BCUT2D eigenvalue weighted by Gasteiger charge is 2.31. The summed E-state index contributed by atoms with van der Waals surface area (Å²) >= 11 is 0. The topological polar surface area (TPSA) is 106 Å². The molecule has 0 radical (unpaired) electrons. The minimum absolute atomic E-state index is 0.0129. The number of ether oxygens (including phenoxy) is 1. The number of hydrogen-bond acceptors (Lipinski definition) is 6. The predicted octanol–water partition coefficient (Wildman–Crippen LogP) is 3.98. The zero-order valence-corrected chi connectivity index (χ0v) is 19.8. The molecule has 0 unspecified atom stereocenters. The molecule has 1 saturated carbocycles. The summed E-state index contributed by atoms with van der Waals surface area (Å²) in [5.41, 5.74) is 0.876. The summed E-state index contributed by atoms with van der Waals surface area (Å²) in [5.74, 6) is -1.38. The molecule has 3 aromatic rings. The zero-order chi connectivity index (χ0) is 24.1. The lowest BCUT2D eigenvalue weighted by atomic mass is 9.96. The number of pyridine rings is 1. The van der Waals surface area contributed by atoms with Crippen LogP contribution < -0.4 is 5.32 Å². The van der Waals surface area contributed by atoms with E-state index in [9.17, 15) is 18.0 Å². The van der Waals surface area contributed by atoms with Crippen LogP contribution in [0.2, 0.25) is 0 Å². The van der Waals surface area contributed by atoms with Gasteiger partial charge < -0.3 is 10.1 Å². The van der Waals surface area contributed by atoms with Gasteiger partial charge in [0.25, 0.3) is 5.91 Å². The number of fused-ring (bicyclic) bond motifs is 1. The van der Waals surface area contributed by atoms with Crippen LogP contribution in [0.4, 0.5) is 5.69 Å². The average Bonchev–Trinajstić information content (AvgIpc) is 2.87. The Hall–Kier alpha value is -3.30. The molecular weight excluding hydrogens is 454 g/mol. The van der Waals surface area contributed by atoms with Crippen molar-refractivity contribution < 1.29 is 22.7 Å². The number of para-hydroxylation sites is 2. The van der Waals surface area contributed by atoms with Crippen molar-refractivity contribution in [3.8, 4) is 0 Å². The van der Waals surface area contributed by atoms with Gasteiger partial charge in [0.15, 0.2) is 6.61 Å². The molecule has 0 spiro atoms. The van der Waals surface area contributed by atoms with Crippen LogP contribution in [0.25, 0.3) is 10.9 Å². The van der Waals surface area contributed by atoms with E-state index in [1.807, 2.05) is 18.2 Å². The van der Waals surface area contributed by atoms with Crippen LogP contribution in [0.3, 0.4) is 0 Å². The standard InChI is InChI=1S/C25H27N3O5S/c1-28(19-10-3-2-4-11-19)34(31,32)23-14-8-7-13-21(23)27-24(29)17-33-25(30)22-16-15-18-9-5-6-12-20(18)26-22/h5-9,12-16,19H,2-4,10-11,17H2,1H3,(H,27,29). The van der Waals surface area contributed by atoms with Gasteiger partial charge in [-0.05, 0) is 37.1 Å². The van der Waals surface area contributed by atoms with Gasteiger partial charge >= 0.3 is 5.97 Å². The van der Waals surface area contributed by atoms with Crippen LogP contribution in [-0.4, -0.2) is 49.3 Å². The summed E-state index contributed by atoms with van der Waals surface area (Å²) in [4.78, 5) is 29.1. The summed E-state index contributed by atoms with van der Waals surface area (Å²) in [6.07, 6.45) is 4.76. The average molecular weight is 482 g/mol. The predicted molar refractivity (Wildman–Crippen MR) is 129 cm³/mol. The molecule has 1 aliphatic carbocycles. The number of amides is 1. The molecule has 1 aromatic heterocycles. The van der Waals surface area contributed by atoms with Gasteiger partial charge in [-0.15, -0.1) is 0 Å². The molecule has 1 N–H and O–H groups in total. The maximum Gasteiger partial charge on any atom is 0.357 e. The molecule has 1 aliphatic rings. The fraction of sp³-hybridized carbons (Fsp3) is 0.320. The van der Waals surface area contributed by atoms with Crippen molar-refractivity contribution in [3.63, 3.8) is 0 Å². The van der Waals surface area contributed by atoms with Gasteiger partial charge in [-0.1, -0.05) is 55.7 Å². The van der Waals surface area contributed by atoms with Crippen molar-refractivity contribution in [1.82, 2.24) is 9.29 Å². The van der Waals surface area contributed by atoms with E-state index in [0.717, 1.165) is 37.5 Å². The maximum absolute atomic E-state index is 13.3. The molecule has 9 heteroatoms. The van der Waals surface area contributed by atoms with Crippen molar-refractivity contribution in [1.29, 1.82) is 0 Å². The first-order valence-corrected chi connectivity index (χ1v) is 12.7. The molecule has 2 aromatic carbocycles. The summed E-state index contributed by atoms with van der Waals surface area (Å²) < 4.78 is 33.1. The molecular formula is C25H27N3O5S. The van der Waals surface area contributed by atoms with Crippen molar-refractivity contribution in [2.45, 2.75) is 43.0 Å². The molecule has 8 nitrogen and oxygen atoms in total. The van der Waals surface area contributed by atoms with E-state index in [2.05, 4.69) is 10.3 Å². The second-order valence-corrected chi connectivity index (χ2v) is 10.3. The second-order valence-electron chi connectivity index (χ2n) is 8.32. The van der Waals surface area contributed by atoms with Gasteiger partial charge in [-0.25, -0.2) is 18.2 Å². The summed E-state index contributed by atoms with van der Waals surface area (Å²) in [7, 11) is -2.22. The van der Waals surface area contributed by atoms with E-state index in [0.29, 0.717) is 5.52 Å². The number of carbonyl (C=O) groups excluding carboxylic acids is 2. The maximum atomic E-state index is 13.3. The number of aromatic nitrogens is 1. The van der Waals surface area contributed by atoms with E-state index in [1.54, 1.807) is 31.3 Å². The van der Waals surface area contributed by atoms with Crippen LogP contribution >= 0.6 is 0 Å². The minimum Gasteiger partial charge on any atom is -0.451 e. The van der Waals surface area contributed by atoms with Crippen molar-refractivity contribution in [2.24, 2.45) is 0 Å². The van der Waals surface area contributed by atoms with E-state index >= 15 is 0 Å². The van der Waals surface area contributed by atoms with Gasteiger partial charge in [-0.3, -0.25) is 4.79 Å². The number of nitrogens with one attached hydrogen (secondary N) is 1. The molecule has 0 bridgehead atoms. The van der Waals surface area contributed by atoms with Gasteiger partial charge in [0.05, 0.1) is 11.2 Å². The minimum atomic E-state index is -3.81. The van der Waals surface area contributed by atoms with E-state index in [-0.39, 0.29) is 22.3 Å². The largest absolute Gasteiger partial charge is 0.451 e. The second kappa shape index (κ2) is 10.3. The number of sulfonamides is 1. The Bertz CT molecular complexity index is 1300. The molecule has 0 aliphatic heterocycles. The van der Waals surface area contributed by atoms with E-state index < -0.39 is 28.5 Å². The number of nitrogens with zero attached hydrogens (tertiary/aromatic N) is 2. The Morgan fingerprint density at radius 3 is 2.50 bits per heavy atom. The van der Waals surface area contributed by atoms with Gasteiger partial charge in [0.1, 0.15) is 10.6 Å². The molecule has 0 saturated heterocycles. The van der Waals surface area contributed by atoms with Gasteiger partial charge in [0, 0.05) is 18.5 Å². The SMILES string of the molecule is CN(C1CCCCC1)S(=O)(=O)c1ccccc1NC(=O)COC(=O)c1ccc2ccccc2n1. The third-order valence-electron chi connectivity index (χ3n) is 6.05. The molecule has 1 amide bonds. The third kappa shape index (κ3) is 5.26. The highest BCUT2D eigenvalue weighted by Crippen LogP contribution is 2.29. The monoisotopic (exact) mass is 481 g/mol. The summed E-state index contributed by atoms with van der Waals surface area (Å²) in [5, 5.41) is 3.45. The molecule has 1 heterocycles. The Balaban J connectivity index is 1.42. The quantitative estimate of drug-likeness (QED) is 0.512. The van der Waals surface area contributed by atoms with E-state index in [1.165, 1.54) is 22.5 Å². The fourth-order valence-corrected chi connectivity index (χ4v) is 5.72. The number of esters is 1. The van der Waals surface area contributed by atoms with Crippen LogP contribution in [0, 0.1) is 0 Å². The molecule has 178 valence electrons. The highest BCUT2D eigenvalue weighted by atomic mass is 32.2. The number of benzene rings is 2. The highest BCUT2D eigenvalue weighted by molar-refractivity contribution is 7.89. The zero-order valence-electron chi connectivity index (χ0n) is 18.9. The lowest BCUT2D eigenvalue weighted by Crippen LogP contribution is -2.38. The molecule has 0 atom stereocenters. The normalized spacial score (nSPS) is 14.8. The third-order valence-corrected chi connectivity index (χ3v) is 8.02. The first kappa shape index (κ1) is 23.8. The number of hydrogen-bond donors (Lipinski definition) is 1.